The molecule has 16 heteroatoms. The van der Waals surface area contributed by atoms with Crippen molar-refractivity contribution in [1.82, 2.24) is 5.32 Å². The molecule has 0 spiro atoms. The van der Waals surface area contributed by atoms with Crippen LogP contribution in [0.5, 0.6) is 5.75 Å². The zero-order valence-electron chi connectivity index (χ0n) is 22.4. The molecule has 0 heterocycles. The van der Waals surface area contributed by atoms with E-state index in [2.05, 4.69) is 19.3 Å². The smallest absolute Gasteiger partial charge is 0.435 e. The van der Waals surface area contributed by atoms with Crippen LogP contribution in [0, 0.1) is 5.92 Å². The predicted molar refractivity (Wildman–Crippen MR) is 135 cm³/mol. The Hall–Kier alpha value is -3.73. The van der Waals surface area contributed by atoms with E-state index in [1.54, 1.807) is 0 Å². The highest BCUT2D eigenvalue weighted by molar-refractivity contribution is 7.88. The first-order valence-corrected chi connectivity index (χ1v) is 13.2. The van der Waals surface area contributed by atoms with E-state index >= 15 is 0 Å². The first-order chi connectivity index (χ1) is 19.2. The summed E-state index contributed by atoms with van der Waals surface area (Å²) in [5, 5.41) is 2.68. The lowest BCUT2D eigenvalue weighted by atomic mass is 9.93. The van der Waals surface area contributed by atoms with Crippen LogP contribution in [0.1, 0.15) is 44.9 Å². The summed E-state index contributed by atoms with van der Waals surface area (Å²) in [6.45, 7) is 3.70. The molecule has 2 rings (SSSR count). The van der Waals surface area contributed by atoms with Crippen molar-refractivity contribution in [3.8, 4) is 16.9 Å². The largest absolute Gasteiger partial charge is 0.534 e. The average molecular weight is 608 g/mol. The minimum Gasteiger partial charge on any atom is -0.435 e. The fourth-order valence-electron chi connectivity index (χ4n) is 3.14. The highest BCUT2D eigenvalue weighted by atomic mass is 32.2. The third kappa shape index (κ3) is 9.41. The van der Waals surface area contributed by atoms with E-state index in [4.69, 9.17) is 14.2 Å². The molecule has 41 heavy (non-hydrogen) atoms. The van der Waals surface area contributed by atoms with Gasteiger partial charge in [-0.05, 0) is 47.4 Å². The van der Waals surface area contributed by atoms with Crippen LogP contribution in [0.3, 0.4) is 0 Å². The number of carbonyl (C=O) groups excluding carboxylic acids is 3. The average Bonchev–Trinajstić information content (AvgIpc) is 2.90. The lowest BCUT2D eigenvalue weighted by molar-refractivity contribution is -0.216. The van der Waals surface area contributed by atoms with E-state index in [9.17, 15) is 36.0 Å². The Morgan fingerprint density at radius 2 is 1.56 bits per heavy atom. The molecule has 0 saturated carbocycles. The van der Waals surface area contributed by atoms with Crippen LogP contribution >= 0.6 is 0 Å². The third-order valence-corrected chi connectivity index (χ3v) is 6.01. The van der Waals surface area contributed by atoms with Crippen molar-refractivity contribution >= 4 is 28.0 Å². The van der Waals surface area contributed by atoms with Gasteiger partial charge in [-0.2, -0.15) is 26.5 Å². The number of alkyl halides is 3. The van der Waals surface area contributed by atoms with Gasteiger partial charge in [-0.1, -0.05) is 19.9 Å². The Kier molecular flexibility index (Phi) is 12.1. The van der Waals surface area contributed by atoms with Crippen molar-refractivity contribution in [1.29, 1.82) is 0 Å². The van der Waals surface area contributed by atoms with Crippen LogP contribution < -0.4 is 9.50 Å². The first kappa shape index (κ1) is 33.5. The van der Waals surface area contributed by atoms with E-state index in [0.29, 0.717) is 12.6 Å². The Labute approximate surface area is 233 Å². The third-order valence-electron chi connectivity index (χ3n) is 5.03. The van der Waals surface area contributed by atoms with Crippen LogP contribution in [0.2, 0.25) is 0 Å². The van der Waals surface area contributed by atoms with Gasteiger partial charge in [0.25, 0.3) is 5.91 Å². The van der Waals surface area contributed by atoms with Crippen LogP contribution in [-0.2, 0) is 34.1 Å². The molecule has 0 atom stereocenters. The van der Waals surface area contributed by atoms with Gasteiger partial charge >= 0.3 is 27.6 Å². The molecule has 0 aliphatic rings. The second-order valence-electron chi connectivity index (χ2n) is 8.54. The molecule has 0 fully saturated rings. The van der Waals surface area contributed by atoms with Crippen LogP contribution in [0.4, 0.5) is 13.2 Å². The molecule has 0 bridgehead atoms. The second kappa shape index (κ2) is 14.8. The number of amides is 1. The van der Waals surface area contributed by atoms with E-state index in [0.717, 1.165) is 25.3 Å². The van der Waals surface area contributed by atoms with Gasteiger partial charge in [0.05, 0.1) is 31.5 Å². The minimum absolute atomic E-state index is 0.0371. The Balaban J connectivity index is 2.62. The zero-order valence-corrected chi connectivity index (χ0v) is 23.2. The summed E-state index contributed by atoms with van der Waals surface area (Å²) >= 11 is 0. The summed E-state index contributed by atoms with van der Waals surface area (Å²) in [5.41, 5.74) is -6.62. The number of esters is 1. The summed E-state index contributed by atoms with van der Waals surface area (Å²) in [5.74, 6) is -3.51. The van der Waals surface area contributed by atoms with Gasteiger partial charge in [0, 0.05) is 19.2 Å². The highest BCUT2D eigenvalue weighted by Crippen LogP contribution is 2.34. The van der Waals surface area contributed by atoms with E-state index in [1.807, 2.05) is 13.8 Å². The standard InChI is InChI=1S/C25H28F3NO11S/c1-15(2)13-29-22(30)16-5-7-18(20(11-16)24(32)39-36-4)19-8-6-17(40-41(33,34)25(26,27)28)12-21(19)23(31)38-14-37-10-9-35-3/h5-8,11-12,15H,9-10,13-14H2,1-4H3,(H,29,30). The lowest BCUT2D eigenvalue weighted by Gasteiger charge is -2.16. The molecule has 0 saturated heterocycles. The molecule has 1 amide bonds. The Bertz CT molecular complexity index is 1340. The fraction of sp³-hybridized carbons (Fsp3) is 0.400. The van der Waals surface area contributed by atoms with Crippen LogP contribution in [0.25, 0.3) is 11.1 Å². The van der Waals surface area contributed by atoms with Crippen molar-refractivity contribution in [2.75, 3.05) is 40.8 Å². The molecule has 12 nitrogen and oxygen atoms in total. The molecular weight excluding hydrogens is 579 g/mol. The molecular formula is C25H28F3NO11S. The fourth-order valence-corrected chi connectivity index (χ4v) is 3.59. The van der Waals surface area contributed by atoms with Gasteiger partial charge in [0.2, 0.25) is 0 Å². The number of carbonyl (C=O) groups is 3. The number of benzene rings is 2. The number of hydrogen-bond acceptors (Lipinski definition) is 11. The van der Waals surface area contributed by atoms with Gasteiger partial charge in [-0.3, -0.25) is 9.68 Å². The molecule has 1 N–H and O–H groups in total. The van der Waals surface area contributed by atoms with Crippen molar-refractivity contribution in [2.45, 2.75) is 19.4 Å². The molecule has 226 valence electrons. The maximum Gasteiger partial charge on any atom is 0.534 e. The summed E-state index contributed by atoms with van der Waals surface area (Å²) in [7, 11) is -3.62. The Morgan fingerprint density at radius 3 is 2.15 bits per heavy atom. The normalized spacial score (nSPS) is 11.7. The van der Waals surface area contributed by atoms with Gasteiger partial charge in [-0.15, -0.1) is 0 Å². The number of nitrogens with one attached hydrogen (secondary N) is 1. The highest BCUT2D eigenvalue weighted by Gasteiger charge is 2.48. The van der Waals surface area contributed by atoms with Crippen molar-refractivity contribution in [3.05, 3.63) is 53.1 Å². The maximum atomic E-state index is 13.0. The van der Waals surface area contributed by atoms with Gasteiger partial charge in [0.15, 0.2) is 6.79 Å². The van der Waals surface area contributed by atoms with E-state index in [-0.39, 0.29) is 41.4 Å². The number of rotatable bonds is 14. The van der Waals surface area contributed by atoms with Gasteiger partial charge in [-0.25, -0.2) is 9.59 Å². The predicted octanol–water partition coefficient (Wildman–Crippen LogP) is 3.46. The van der Waals surface area contributed by atoms with Crippen molar-refractivity contribution in [2.24, 2.45) is 5.92 Å². The summed E-state index contributed by atoms with van der Waals surface area (Å²) in [4.78, 5) is 47.3. The number of ether oxygens (including phenoxy) is 3. The molecule has 0 aliphatic heterocycles. The van der Waals surface area contributed by atoms with Gasteiger partial charge in [0.1, 0.15) is 5.75 Å². The molecule has 2 aromatic carbocycles. The monoisotopic (exact) mass is 607 g/mol. The lowest BCUT2D eigenvalue weighted by Crippen LogP contribution is -2.28. The molecule has 2 aromatic rings. The van der Waals surface area contributed by atoms with Crippen molar-refractivity contribution < 1.29 is 64.1 Å². The number of hydrogen-bond donors (Lipinski definition) is 1. The van der Waals surface area contributed by atoms with E-state index < -0.39 is 51.6 Å². The molecule has 0 unspecified atom stereocenters. The van der Waals surface area contributed by atoms with Crippen LogP contribution in [0.15, 0.2) is 36.4 Å². The van der Waals surface area contributed by atoms with Crippen molar-refractivity contribution in [3.63, 3.8) is 0 Å². The SMILES string of the molecule is COCCOCOC(=O)c1cc(OS(=O)(=O)C(F)(F)F)ccc1-c1ccc(C(=O)NCC(C)C)cc1C(=O)OOC. The molecule has 0 aliphatic carbocycles. The maximum absolute atomic E-state index is 13.0. The quantitative estimate of drug-likeness (QED) is 0.0639. The number of halogens is 3. The van der Waals surface area contributed by atoms with E-state index in [1.165, 1.54) is 19.2 Å². The molecule has 0 radical (unpaired) electrons. The minimum atomic E-state index is -6.08. The Morgan fingerprint density at radius 1 is 0.927 bits per heavy atom. The van der Waals surface area contributed by atoms with Gasteiger partial charge < -0.3 is 23.7 Å². The number of methoxy groups -OCH3 is 1. The zero-order chi connectivity index (χ0) is 30.8. The summed E-state index contributed by atoms with van der Waals surface area (Å²) in [6.07, 6.45) is 0. The second-order valence-corrected chi connectivity index (χ2v) is 10.1. The summed E-state index contributed by atoms with van der Waals surface area (Å²) < 4.78 is 80.7. The first-order valence-electron chi connectivity index (χ1n) is 11.8. The summed E-state index contributed by atoms with van der Waals surface area (Å²) in [6, 6.07) is 6.32. The van der Waals surface area contributed by atoms with Crippen LogP contribution in [-0.4, -0.2) is 72.5 Å². The topological polar surface area (TPSA) is 153 Å². The molecule has 0 aromatic heterocycles.